The van der Waals surface area contributed by atoms with E-state index < -0.39 is 0 Å². The number of anilines is 1. The minimum atomic E-state index is 0.390. The van der Waals surface area contributed by atoms with E-state index in [1.165, 1.54) is 17.8 Å². The predicted octanol–water partition coefficient (Wildman–Crippen LogP) is 3.31. The third-order valence-corrected chi connectivity index (χ3v) is 4.32. The van der Waals surface area contributed by atoms with E-state index in [0.29, 0.717) is 12.1 Å². The highest BCUT2D eigenvalue weighted by atomic mass is 16.5. The van der Waals surface area contributed by atoms with Gasteiger partial charge in [-0.3, -0.25) is 0 Å². The minimum absolute atomic E-state index is 0.390. The fourth-order valence-corrected chi connectivity index (χ4v) is 3.34. The highest BCUT2D eigenvalue weighted by molar-refractivity contribution is 5.79. The first-order chi connectivity index (χ1) is 9.72. The SMILES string of the molecule is CCCc1nc2cc(N)ccc2n1C1CCC(OC)C1. The Morgan fingerprint density at radius 2 is 2.25 bits per heavy atom. The lowest BCUT2D eigenvalue weighted by molar-refractivity contribution is 0.106. The second-order valence-electron chi connectivity index (χ2n) is 5.72. The number of hydrogen-bond acceptors (Lipinski definition) is 3. The van der Waals surface area contributed by atoms with E-state index in [1.807, 2.05) is 19.2 Å². The van der Waals surface area contributed by atoms with Crippen molar-refractivity contribution in [2.24, 2.45) is 0 Å². The molecule has 0 amide bonds. The van der Waals surface area contributed by atoms with Crippen molar-refractivity contribution in [3.8, 4) is 0 Å². The Morgan fingerprint density at radius 1 is 1.40 bits per heavy atom. The van der Waals surface area contributed by atoms with Crippen molar-refractivity contribution < 1.29 is 4.74 Å². The summed E-state index contributed by atoms with van der Waals surface area (Å²) >= 11 is 0. The molecule has 1 aromatic carbocycles. The Kier molecular flexibility index (Phi) is 3.66. The lowest BCUT2D eigenvalue weighted by Crippen LogP contribution is -2.11. The fraction of sp³-hybridized carbons (Fsp3) is 0.562. The summed E-state index contributed by atoms with van der Waals surface area (Å²) in [5, 5.41) is 0. The van der Waals surface area contributed by atoms with Crippen molar-refractivity contribution in [2.75, 3.05) is 12.8 Å². The van der Waals surface area contributed by atoms with Crippen LogP contribution in [0.4, 0.5) is 5.69 Å². The van der Waals surface area contributed by atoms with Gasteiger partial charge in [-0.15, -0.1) is 0 Å². The van der Waals surface area contributed by atoms with Crippen molar-refractivity contribution in [3.05, 3.63) is 24.0 Å². The predicted molar refractivity (Wildman–Crippen MR) is 81.8 cm³/mol. The number of benzene rings is 1. The molecule has 1 fully saturated rings. The smallest absolute Gasteiger partial charge is 0.110 e. The molecule has 2 atom stereocenters. The van der Waals surface area contributed by atoms with E-state index >= 15 is 0 Å². The Balaban J connectivity index is 2.05. The molecule has 0 saturated heterocycles. The average molecular weight is 273 g/mol. The molecule has 1 aromatic heterocycles. The lowest BCUT2D eigenvalue weighted by Gasteiger charge is -2.17. The zero-order valence-corrected chi connectivity index (χ0v) is 12.3. The Bertz CT molecular complexity index is 605. The molecule has 1 aliphatic rings. The van der Waals surface area contributed by atoms with Crippen LogP contribution >= 0.6 is 0 Å². The van der Waals surface area contributed by atoms with Crippen LogP contribution in [-0.4, -0.2) is 22.8 Å². The number of aromatic nitrogens is 2. The summed E-state index contributed by atoms with van der Waals surface area (Å²) in [6, 6.07) is 6.57. The van der Waals surface area contributed by atoms with Crippen LogP contribution < -0.4 is 5.73 Å². The molecule has 4 nitrogen and oxygen atoms in total. The maximum atomic E-state index is 5.88. The molecule has 2 aromatic rings. The third-order valence-electron chi connectivity index (χ3n) is 4.32. The molecule has 0 radical (unpaired) electrons. The summed E-state index contributed by atoms with van der Waals surface area (Å²) in [4.78, 5) is 4.80. The number of imidazole rings is 1. The maximum absolute atomic E-state index is 5.88. The molecular weight excluding hydrogens is 250 g/mol. The van der Waals surface area contributed by atoms with Crippen LogP contribution in [0.1, 0.15) is 44.5 Å². The zero-order valence-electron chi connectivity index (χ0n) is 12.3. The van der Waals surface area contributed by atoms with Crippen molar-refractivity contribution >= 4 is 16.7 Å². The van der Waals surface area contributed by atoms with Gasteiger partial charge in [0.25, 0.3) is 0 Å². The van der Waals surface area contributed by atoms with E-state index in [1.54, 1.807) is 0 Å². The second kappa shape index (κ2) is 5.44. The summed E-state index contributed by atoms with van der Waals surface area (Å²) in [6.07, 6.45) is 5.91. The van der Waals surface area contributed by atoms with Gasteiger partial charge in [0.05, 0.1) is 17.1 Å². The normalized spacial score (nSPS) is 22.7. The highest BCUT2D eigenvalue weighted by Gasteiger charge is 2.28. The summed E-state index contributed by atoms with van der Waals surface area (Å²) < 4.78 is 7.94. The number of rotatable bonds is 4. The largest absolute Gasteiger partial charge is 0.399 e. The van der Waals surface area contributed by atoms with Crippen LogP contribution in [0.3, 0.4) is 0 Å². The molecule has 20 heavy (non-hydrogen) atoms. The first-order valence-corrected chi connectivity index (χ1v) is 7.52. The number of nitrogens with zero attached hydrogens (tertiary/aromatic N) is 2. The van der Waals surface area contributed by atoms with E-state index in [9.17, 15) is 0 Å². The quantitative estimate of drug-likeness (QED) is 0.869. The number of ether oxygens (including phenoxy) is 1. The molecule has 0 bridgehead atoms. The fourth-order valence-electron chi connectivity index (χ4n) is 3.34. The molecule has 1 heterocycles. The molecule has 4 heteroatoms. The van der Waals surface area contributed by atoms with Gasteiger partial charge in [-0.05, 0) is 43.9 Å². The third kappa shape index (κ3) is 2.29. The van der Waals surface area contributed by atoms with Crippen LogP contribution in [0.2, 0.25) is 0 Å². The van der Waals surface area contributed by atoms with Crippen LogP contribution in [0, 0.1) is 0 Å². The van der Waals surface area contributed by atoms with Gasteiger partial charge in [-0.1, -0.05) is 6.92 Å². The van der Waals surface area contributed by atoms with Gasteiger partial charge in [0.15, 0.2) is 0 Å². The zero-order chi connectivity index (χ0) is 14.1. The Morgan fingerprint density at radius 3 is 2.95 bits per heavy atom. The molecule has 2 unspecified atom stereocenters. The molecule has 0 spiro atoms. The number of nitrogens with two attached hydrogens (primary N) is 1. The number of hydrogen-bond donors (Lipinski definition) is 1. The van der Waals surface area contributed by atoms with E-state index in [0.717, 1.165) is 36.9 Å². The molecule has 1 saturated carbocycles. The summed E-state index contributed by atoms with van der Waals surface area (Å²) in [6.45, 7) is 2.20. The van der Waals surface area contributed by atoms with Gasteiger partial charge in [0.2, 0.25) is 0 Å². The monoisotopic (exact) mass is 273 g/mol. The second-order valence-corrected chi connectivity index (χ2v) is 5.72. The van der Waals surface area contributed by atoms with Gasteiger partial charge in [-0.25, -0.2) is 4.98 Å². The number of fused-ring (bicyclic) bond motifs is 1. The van der Waals surface area contributed by atoms with Gasteiger partial charge in [0.1, 0.15) is 5.82 Å². The first-order valence-electron chi connectivity index (χ1n) is 7.52. The van der Waals surface area contributed by atoms with Crippen LogP contribution in [-0.2, 0) is 11.2 Å². The summed E-state index contributed by atoms with van der Waals surface area (Å²) in [7, 11) is 1.81. The molecule has 3 rings (SSSR count). The van der Waals surface area contributed by atoms with Crippen LogP contribution in [0.15, 0.2) is 18.2 Å². The standard InChI is InChI=1S/C16H23N3O/c1-3-4-16-18-14-9-11(17)5-8-15(14)19(16)12-6-7-13(10-12)20-2/h5,8-9,12-13H,3-4,6-7,10,17H2,1-2H3. The van der Waals surface area contributed by atoms with Gasteiger partial charge >= 0.3 is 0 Å². The highest BCUT2D eigenvalue weighted by Crippen LogP contribution is 2.35. The Labute approximate surface area is 119 Å². The topological polar surface area (TPSA) is 53.1 Å². The van der Waals surface area contributed by atoms with Gasteiger partial charge < -0.3 is 15.0 Å². The number of nitrogen functional groups attached to an aromatic ring is 1. The molecule has 1 aliphatic carbocycles. The van der Waals surface area contributed by atoms with E-state index in [-0.39, 0.29) is 0 Å². The van der Waals surface area contributed by atoms with E-state index in [2.05, 4.69) is 17.6 Å². The number of aryl methyl sites for hydroxylation is 1. The van der Waals surface area contributed by atoms with Crippen molar-refractivity contribution in [3.63, 3.8) is 0 Å². The Hall–Kier alpha value is -1.55. The first kappa shape index (κ1) is 13.4. The maximum Gasteiger partial charge on any atom is 0.110 e. The average Bonchev–Trinajstić information content (AvgIpc) is 3.02. The molecular formula is C16H23N3O. The van der Waals surface area contributed by atoms with Crippen molar-refractivity contribution in [1.29, 1.82) is 0 Å². The van der Waals surface area contributed by atoms with E-state index in [4.69, 9.17) is 15.5 Å². The number of methoxy groups -OCH3 is 1. The summed E-state index contributed by atoms with van der Waals surface area (Å²) in [5.74, 6) is 1.19. The summed E-state index contributed by atoms with van der Waals surface area (Å²) in [5.41, 5.74) is 8.90. The van der Waals surface area contributed by atoms with Crippen LogP contribution in [0.5, 0.6) is 0 Å². The lowest BCUT2D eigenvalue weighted by atomic mass is 10.2. The van der Waals surface area contributed by atoms with Crippen LogP contribution in [0.25, 0.3) is 11.0 Å². The van der Waals surface area contributed by atoms with Gasteiger partial charge in [-0.2, -0.15) is 0 Å². The molecule has 2 N–H and O–H groups in total. The molecule has 108 valence electrons. The van der Waals surface area contributed by atoms with Crippen molar-refractivity contribution in [2.45, 2.75) is 51.2 Å². The molecule has 0 aliphatic heterocycles. The van der Waals surface area contributed by atoms with Gasteiger partial charge in [0, 0.05) is 25.3 Å². The van der Waals surface area contributed by atoms with Crippen molar-refractivity contribution in [1.82, 2.24) is 9.55 Å². The minimum Gasteiger partial charge on any atom is -0.399 e.